The van der Waals surface area contributed by atoms with Crippen LogP contribution in [0.15, 0.2) is 42.5 Å². The summed E-state index contributed by atoms with van der Waals surface area (Å²) in [5.41, 5.74) is 2.85. The number of nitrogens with one attached hydrogen (secondary N) is 1. The van der Waals surface area contributed by atoms with Crippen molar-refractivity contribution in [1.29, 1.82) is 0 Å². The van der Waals surface area contributed by atoms with Crippen molar-refractivity contribution >= 4 is 5.91 Å². The molecular weight excluding hydrogens is 280 g/mol. The molecule has 2 rings (SSSR count). The molecule has 0 atom stereocenters. The van der Waals surface area contributed by atoms with Crippen LogP contribution in [0.4, 0.5) is 4.39 Å². The van der Waals surface area contributed by atoms with Crippen molar-refractivity contribution in [2.45, 2.75) is 13.3 Å². The first kappa shape index (κ1) is 19.8. The minimum atomic E-state index is -0.255. The molecule has 2 aromatic rings. The van der Waals surface area contributed by atoms with Crippen LogP contribution in [0.1, 0.15) is 12.5 Å². The smallest absolute Gasteiger partial charge is 0.870 e. The summed E-state index contributed by atoms with van der Waals surface area (Å²) in [4.78, 5) is 10.9. The van der Waals surface area contributed by atoms with E-state index in [0.717, 1.165) is 16.7 Å². The zero-order chi connectivity index (χ0) is 13.7. The van der Waals surface area contributed by atoms with Crippen molar-refractivity contribution in [2.24, 2.45) is 0 Å². The second kappa shape index (κ2) is 9.68. The van der Waals surface area contributed by atoms with Gasteiger partial charge in [0.15, 0.2) is 0 Å². The van der Waals surface area contributed by atoms with Gasteiger partial charge < -0.3 is 10.8 Å². The van der Waals surface area contributed by atoms with Gasteiger partial charge in [-0.1, -0.05) is 17.7 Å². The van der Waals surface area contributed by atoms with Gasteiger partial charge in [-0.3, -0.25) is 4.79 Å². The van der Waals surface area contributed by atoms with Crippen molar-refractivity contribution in [3.63, 3.8) is 0 Å². The van der Waals surface area contributed by atoms with Gasteiger partial charge in [0, 0.05) is 13.5 Å². The standard InChI is InChI=1S/C16H15FNO.Na.H2O/c1-12(19)18-10-9-13-5-2-3-8-16(13)14-6-4-7-15(17)11-14;;/h2,4-8,11H,9-10H2,1H3,(H,18,19);;1H2/q-1;+1;/p-1. The molecule has 0 saturated carbocycles. The van der Waals surface area contributed by atoms with Crippen LogP contribution in [0.2, 0.25) is 0 Å². The van der Waals surface area contributed by atoms with E-state index in [1.165, 1.54) is 19.1 Å². The Bertz CT molecular complexity index is 590. The molecule has 0 aliphatic heterocycles. The average Bonchev–Trinajstić information content (AvgIpc) is 2.39. The van der Waals surface area contributed by atoms with Crippen LogP contribution in [0.25, 0.3) is 11.1 Å². The third kappa shape index (κ3) is 5.98. The molecule has 3 nitrogen and oxygen atoms in total. The zero-order valence-corrected chi connectivity index (χ0v) is 14.2. The molecule has 0 saturated heterocycles. The summed E-state index contributed by atoms with van der Waals surface area (Å²) < 4.78 is 13.3. The number of rotatable bonds is 4. The van der Waals surface area contributed by atoms with Crippen LogP contribution in [0, 0.1) is 11.9 Å². The molecule has 0 radical (unpaired) electrons. The van der Waals surface area contributed by atoms with E-state index in [0.29, 0.717) is 13.0 Å². The van der Waals surface area contributed by atoms with Gasteiger partial charge in [0.2, 0.25) is 5.91 Å². The number of amides is 1. The summed E-state index contributed by atoms with van der Waals surface area (Å²) in [7, 11) is 0. The van der Waals surface area contributed by atoms with Crippen molar-refractivity contribution in [3.8, 4) is 11.1 Å². The van der Waals surface area contributed by atoms with E-state index in [-0.39, 0.29) is 46.8 Å². The fourth-order valence-electron chi connectivity index (χ4n) is 1.98. The largest absolute Gasteiger partial charge is 1.00 e. The van der Waals surface area contributed by atoms with Gasteiger partial charge in [-0.05, 0) is 18.6 Å². The fourth-order valence-corrected chi connectivity index (χ4v) is 1.98. The second-order valence-electron chi connectivity index (χ2n) is 4.33. The number of hydrogen-bond donors (Lipinski definition) is 1. The normalized spacial score (nSPS) is 9.24. The van der Waals surface area contributed by atoms with Crippen LogP contribution in [-0.4, -0.2) is 17.9 Å². The van der Waals surface area contributed by atoms with Crippen LogP contribution in [0.5, 0.6) is 0 Å². The number of carbonyl (C=O) groups excluding carboxylic acids is 1. The molecule has 2 N–H and O–H groups in total. The van der Waals surface area contributed by atoms with E-state index in [1.807, 2.05) is 24.3 Å². The van der Waals surface area contributed by atoms with Gasteiger partial charge in [-0.2, -0.15) is 24.3 Å². The van der Waals surface area contributed by atoms with Crippen LogP contribution in [-0.2, 0) is 11.2 Å². The number of halogens is 1. The Kier molecular flexibility index (Phi) is 9.13. The van der Waals surface area contributed by atoms with Crippen LogP contribution >= 0.6 is 0 Å². The van der Waals surface area contributed by atoms with E-state index in [2.05, 4.69) is 11.4 Å². The van der Waals surface area contributed by atoms with Crippen LogP contribution < -0.4 is 34.9 Å². The number of carbonyl (C=O) groups is 1. The molecule has 21 heavy (non-hydrogen) atoms. The molecule has 0 aromatic heterocycles. The predicted molar refractivity (Wildman–Crippen MR) is 75.0 cm³/mol. The summed E-state index contributed by atoms with van der Waals surface area (Å²) >= 11 is 0. The summed E-state index contributed by atoms with van der Waals surface area (Å²) in [5.74, 6) is -0.302. The molecule has 0 aliphatic carbocycles. The maximum atomic E-state index is 13.3. The van der Waals surface area contributed by atoms with Gasteiger partial charge in [0.25, 0.3) is 0 Å². The first-order valence-electron chi connectivity index (χ1n) is 6.16. The molecule has 0 aliphatic rings. The van der Waals surface area contributed by atoms with Crippen molar-refractivity contribution in [2.75, 3.05) is 6.54 Å². The monoisotopic (exact) mass is 296 g/mol. The Hall–Kier alpha value is -1.20. The number of benzene rings is 2. The Morgan fingerprint density at radius 3 is 2.76 bits per heavy atom. The quantitative estimate of drug-likeness (QED) is 0.627. The predicted octanol–water partition coefficient (Wildman–Crippen LogP) is -0.201. The molecule has 2 aromatic carbocycles. The minimum Gasteiger partial charge on any atom is -0.870 e. The molecule has 0 fully saturated rings. The molecule has 106 valence electrons. The Morgan fingerprint density at radius 2 is 2.10 bits per heavy atom. The molecule has 0 unspecified atom stereocenters. The van der Waals surface area contributed by atoms with Crippen molar-refractivity contribution in [3.05, 3.63) is 59.9 Å². The van der Waals surface area contributed by atoms with Crippen molar-refractivity contribution in [1.82, 2.24) is 5.32 Å². The zero-order valence-electron chi connectivity index (χ0n) is 12.2. The van der Waals surface area contributed by atoms with E-state index in [1.54, 1.807) is 6.07 Å². The Morgan fingerprint density at radius 1 is 1.33 bits per heavy atom. The molecular formula is C16H16FNNaO2-. The van der Waals surface area contributed by atoms with Crippen molar-refractivity contribution < 1.29 is 44.2 Å². The van der Waals surface area contributed by atoms with Gasteiger partial charge in [-0.15, -0.1) is 11.1 Å². The molecule has 1 amide bonds. The second-order valence-corrected chi connectivity index (χ2v) is 4.33. The molecule has 0 spiro atoms. The average molecular weight is 296 g/mol. The first-order chi connectivity index (χ1) is 9.16. The summed E-state index contributed by atoms with van der Waals surface area (Å²) in [6.07, 6.45) is 0.708. The maximum absolute atomic E-state index is 13.3. The molecule has 5 heteroatoms. The van der Waals surface area contributed by atoms with Crippen LogP contribution in [0.3, 0.4) is 0 Å². The van der Waals surface area contributed by atoms with Gasteiger partial charge >= 0.3 is 29.6 Å². The summed E-state index contributed by atoms with van der Waals surface area (Å²) in [6, 6.07) is 15.1. The topological polar surface area (TPSA) is 59.1 Å². The van der Waals surface area contributed by atoms with Gasteiger partial charge in [0.05, 0.1) is 0 Å². The summed E-state index contributed by atoms with van der Waals surface area (Å²) in [5, 5.41) is 2.76. The van der Waals surface area contributed by atoms with E-state index in [4.69, 9.17) is 0 Å². The summed E-state index contributed by atoms with van der Waals surface area (Å²) in [6.45, 7) is 2.06. The SMILES string of the molecule is CC(=O)NCCc1cc[c-]cc1-c1cccc(F)c1.[Na+].[OH-]. The Labute approximate surface area is 146 Å². The molecule has 0 bridgehead atoms. The van der Waals surface area contributed by atoms with Gasteiger partial charge in [0.1, 0.15) is 5.82 Å². The van der Waals surface area contributed by atoms with E-state index >= 15 is 0 Å². The maximum Gasteiger partial charge on any atom is 1.00 e. The number of hydrogen-bond acceptors (Lipinski definition) is 2. The minimum absolute atomic E-state index is 0. The Balaban J connectivity index is 0.00000200. The molecule has 0 heterocycles. The van der Waals surface area contributed by atoms with Gasteiger partial charge in [-0.25, -0.2) is 4.39 Å². The fraction of sp³-hybridized carbons (Fsp3) is 0.188. The first-order valence-corrected chi connectivity index (χ1v) is 6.16. The van der Waals surface area contributed by atoms with E-state index < -0.39 is 0 Å². The van der Waals surface area contributed by atoms with E-state index in [9.17, 15) is 9.18 Å². The third-order valence-corrected chi connectivity index (χ3v) is 2.86. The third-order valence-electron chi connectivity index (χ3n) is 2.86.